The van der Waals surface area contributed by atoms with Crippen LogP contribution in [0.15, 0.2) is 23.3 Å². The Morgan fingerprint density at radius 3 is 2.43 bits per heavy atom. The standard InChI is InChI=1S/C29H46O/c1-18(2)22-12-15-27(4,19(22)3)26-10-9-24-23-8-7-20-17-21(30)11-14-28(20,5)25(23)13-16-29(24,26)6/h7,13,18-19,21-24,26,30H,8-12,14-17H2,1-6H3/t19-,21-,22-,23+,24+,26-,27-,28+,29+/m1/s1. The second kappa shape index (κ2) is 6.97. The molecule has 0 bridgehead atoms. The Hall–Kier alpha value is -0.560. The van der Waals surface area contributed by atoms with Crippen LogP contribution < -0.4 is 0 Å². The first-order chi connectivity index (χ1) is 14.1. The Bertz CT molecular complexity index is 760. The molecule has 5 aliphatic rings. The van der Waals surface area contributed by atoms with Gasteiger partial charge in [0, 0.05) is 5.41 Å². The summed E-state index contributed by atoms with van der Waals surface area (Å²) in [6.07, 6.45) is 16.6. The van der Waals surface area contributed by atoms with Crippen LogP contribution in [0.4, 0.5) is 0 Å². The zero-order chi connectivity index (χ0) is 21.5. The topological polar surface area (TPSA) is 20.2 Å². The summed E-state index contributed by atoms with van der Waals surface area (Å²) in [4.78, 5) is 0. The molecule has 0 aromatic heterocycles. The van der Waals surface area contributed by atoms with E-state index in [9.17, 15) is 5.11 Å². The lowest BCUT2D eigenvalue weighted by molar-refractivity contribution is -0.00685. The van der Waals surface area contributed by atoms with Crippen LogP contribution in [0.2, 0.25) is 0 Å². The SMILES string of the molecule is CC(C)[C@H]1CC[C@@](C)([C@H]2CC[C@H]3[C@@H]4CC=C5C[C@H](O)CC[C@]5(C)C4=CC[C@]23C)[C@@H]1C. The van der Waals surface area contributed by atoms with E-state index >= 15 is 0 Å². The average molecular weight is 411 g/mol. The van der Waals surface area contributed by atoms with Gasteiger partial charge >= 0.3 is 0 Å². The number of aliphatic hydroxyl groups excluding tert-OH is 1. The highest BCUT2D eigenvalue weighted by atomic mass is 16.3. The second-order valence-corrected chi connectivity index (χ2v) is 13.1. The molecular weight excluding hydrogens is 364 g/mol. The quantitative estimate of drug-likeness (QED) is 0.466. The maximum Gasteiger partial charge on any atom is 0.0578 e. The summed E-state index contributed by atoms with van der Waals surface area (Å²) < 4.78 is 0. The molecule has 0 aromatic rings. The molecule has 0 aromatic carbocycles. The lowest BCUT2D eigenvalue weighted by Gasteiger charge is -2.55. The highest BCUT2D eigenvalue weighted by Gasteiger charge is 2.61. The van der Waals surface area contributed by atoms with Crippen molar-refractivity contribution in [2.75, 3.05) is 0 Å². The van der Waals surface area contributed by atoms with Crippen LogP contribution in [0.25, 0.3) is 0 Å². The molecular formula is C29H46O. The van der Waals surface area contributed by atoms with Gasteiger partial charge in [0.15, 0.2) is 0 Å². The average Bonchev–Trinajstić information content (AvgIpc) is 3.20. The number of hydrogen-bond acceptors (Lipinski definition) is 1. The van der Waals surface area contributed by atoms with Crippen molar-refractivity contribution in [3.05, 3.63) is 23.3 Å². The minimum atomic E-state index is -0.108. The minimum absolute atomic E-state index is 0.108. The number of aliphatic hydroxyl groups is 1. The third-order valence-corrected chi connectivity index (χ3v) is 11.8. The monoisotopic (exact) mass is 410 g/mol. The summed E-state index contributed by atoms with van der Waals surface area (Å²) in [7, 11) is 0. The molecule has 1 nitrogen and oxygen atoms in total. The zero-order valence-corrected chi connectivity index (χ0v) is 20.5. The number of allylic oxidation sites excluding steroid dienone is 3. The van der Waals surface area contributed by atoms with E-state index in [1.54, 1.807) is 11.1 Å². The van der Waals surface area contributed by atoms with Gasteiger partial charge in [0.1, 0.15) is 0 Å². The van der Waals surface area contributed by atoms with Gasteiger partial charge in [-0.2, -0.15) is 0 Å². The molecule has 0 radical (unpaired) electrons. The highest BCUT2D eigenvalue weighted by Crippen LogP contribution is 2.69. The van der Waals surface area contributed by atoms with Crippen LogP contribution >= 0.6 is 0 Å². The van der Waals surface area contributed by atoms with Gasteiger partial charge in [0.05, 0.1) is 6.10 Å². The molecule has 0 spiro atoms. The van der Waals surface area contributed by atoms with Crippen molar-refractivity contribution < 1.29 is 5.11 Å². The first-order valence-electron chi connectivity index (χ1n) is 13.2. The molecule has 0 saturated heterocycles. The molecule has 9 atom stereocenters. The minimum Gasteiger partial charge on any atom is -0.393 e. The van der Waals surface area contributed by atoms with E-state index < -0.39 is 0 Å². The van der Waals surface area contributed by atoms with Gasteiger partial charge in [-0.25, -0.2) is 0 Å². The predicted octanol–water partition coefficient (Wildman–Crippen LogP) is 7.55. The van der Waals surface area contributed by atoms with Gasteiger partial charge in [0.2, 0.25) is 0 Å². The van der Waals surface area contributed by atoms with Crippen molar-refractivity contribution in [3.8, 4) is 0 Å². The molecule has 3 fully saturated rings. The van der Waals surface area contributed by atoms with Gasteiger partial charge in [-0.05, 0) is 104 Å². The van der Waals surface area contributed by atoms with E-state index in [-0.39, 0.29) is 11.5 Å². The van der Waals surface area contributed by atoms with Gasteiger partial charge in [-0.3, -0.25) is 0 Å². The third-order valence-electron chi connectivity index (χ3n) is 11.8. The first-order valence-corrected chi connectivity index (χ1v) is 13.2. The molecule has 30 heavy (non-hydrogen) atoms. The van der Waals surface area contributed by atoms with Crippen molar-refractivity contribution >= 4 is 0 Å². The Kier molecular flexibility index (Phi) is 4.95. The maximum absolute atomic E-state index is 10.3. The number of hydrogen-bond donors (Lipinski definition) is 1. The van der Waals surface area contributed by atoms with E-state index in [1.165, 1.54) is 38.5 Å². The van der Waals surface area contributed by atoms with Crippen molar-refractivity contribution in [1.82, 2.24) is 0 Å². The van der Waals surface area contributed by atoms with E-state index in [2.05, 4.69) is 53.7 Å². The van der Waals surface area contributed by atoms with Gasteiger partial charge in [-0.1, -0.05) is 64.8 Å². The second-order valence-electron chi connectivity index (χ2n) is 13.1. The molecule has 5 aliphatic carbocycles. The Morgan fingerprint density at radius 2 is 1.73 bits per heavy atom. The van der Waals surface area contributed by atoms with E-state index in [1.807, 2.05) is 0 Å². The molecule has 1 N–H and O–H groups in total. The summed E-state index contributed by atoms with van der Waals surface area (Å²) in [6, 6.07) is 0. The van der Waals surface area contributed by atoms with Crippen LogP contribution in [-0.4, -0.2) is 11.2 Å². The molecule has 5 rings (SSSR count). The fourth-order valence-corrected chi connectivity index (χ4v) is 9.88. The van der Waals surface area contributed by atoms with Gasteiger partial charge in [-0.15, -0.1) is 0 Å². The Labute approximate surface area is 185 Å². The van der Waals surface area contributed by atoms with Gasteiger partial charge < -0.3 is 5.11 Å². The molecule has 0 amide bonds. The van der Waals surface area contributed by atoms with E-state index in [0.717, 1.165) is 54.8 Å². The predicted molar refractivity (Wildman–Crippen MR) is 126 cm³/mol. The zero-order valence-electron chi connectivity index (χ0n) is 20.5. The summed E-state index contributed by atoms with van der Waals surface area (Å²) in [5, 5.41) is 10.3. The molecule has 0 aliphatic heterocycles. The van der Waals surface area contributed by atoms with Crippen molar-refractivity contribution in [3.63, 3.8) is 0 Å². The normalized spacial score (nSPS) is 53.1. The largest absolute Gasteiger partial charge is 0.393 e. The van der Waals surface area contributed by atoms with Gasteiger partial charge in [0.25, 0.3) is 0 Å². The van der Waals surface area contributed by atoms with Crippen molar-refractivity contribution in [2.45, 2.75) is 105 Å². The van der Waals surface area contributed by atoms with Crippen LogP contribution in [0.5, 0.6) is 0 Å². The van der Waals surface area contributed by atoms with Crippen LogP contribution in [0.3, 0.4) is 0 Å². The number of rotatable bonds is 2. The fraction of sp³-hybridized carbons (Fsp3) is 0.862. The Balaban J connectivity index is 1.46. The summed E-state index contributed by atoms with van der Waals surface area (Å²) >= 11 is 0. The summed E-state index contributed by atoms with van der Waals surface area (Å²) in [5.74, 6) is 5.12. The van der Waals surface area contributed by atoms with Crippen molar-refractivity contribution in [1.29, 1.82) is 0 Å². The highest BCUT2D eigenvalue weighted by molar-refractivity contribution is 5.39. The lowest BCUT2D eigenvalue weighted by atomic mass is 9.49. The molecule has 3 saturated carbocycles. The smallest absolute Gasteiger partial charge is 0.0578 e. The van der Waals surface area contributed by atoms with Crippen LogP contribution in [0, 0.1) is 51.8 Å². The van der Waals surface area contributed by atoms with Crippen molar-refractivity contribution in [2.24, 2.45) is 51.8 Å². The lowest BCUT2D eigenvalue weighted by Crippen LogP contribution is -2.47. The Morgan fingerprint density at radius 1 is 0.967 bits per heavy atom. The molecule has 1 heteroatoms. The summed E-state index contributed by atoms with van der Waals surface area (Å²) in [5.41, 5.74) is 4.59. The van der Waals surface area contributed by atoms with E-state index in [0.29, 0.717) is 10.8 Å². The van der Waals surface area contributed by atoms with Crippen LogP contribution in [-0.2, 0) is 0 Å². The third kappa shape index (κ3) is 2.76. The van der Waals surface area contributed by atoms with E-state index in [4.69, 9.17) is 0 Å². The number of fused-ring (bicyclic) bond motifs is 5. The summed E-state index contributed by atoms with van der Waals surface area (Å²) in [6.45, 7) is 15.4. The van der Waals surface area contributed by atoms with Crippen LogP contribution in [0.1, 0.15) is 99.3 Å². The molecule has 0 heterocycles. The first kappa shape index (κ1) is 21.3. The fourth-order valence-electron chi connectivity index (χ4n) is 9.88. The molecule has 0 unspecified atom stereocenters. The molecule has 168 valence electrons. The maximum atomic E-state index is 10.3.